The highest BCUT2D eigenvalue weighted by Crippen LogP contribution is 2.29. The van der Waals surface area contributed by atoms with E-state index in [1.54, 1.807) is 6.07 Å². The maximum absolute atomic E-state index is 13.0. The van der Waals surface area contributed by atoms with E-state index in [1.165, 1.54) is 24.3 Å². The second-order valence-corrected chi connectivity index (χ2v) is 9.13. The number of carbonyl (C=O) groups is 1. The van der Waals surface area contributed by atoms with Gasteiger partial charge in [0.25, 0.3) is 15.9 Å². The van der Waals surface area contributed by atoms with Crippen LogP contribution < -0.4 is 14.8 Å². The quantitative estimate of drug-likeness (QED) is 0.540. The molecule has 0 aliphatic carbocycles. The van der Waals surface area contributed by atoms with Crippen LogP contribution in [0.5, 0.6) is 5.88 Å². The zero-order valence-electron chi connectivity index (χ0n) is 17.5. The Morgan fingerprint density at radius 3 is 2.53 bits per heavy atom. The Kier molecular flexibility index (Phi) is 5.81. The highest BCUT2D eigenvalue weighted by atomic mass is 32.2. The van der Waals surface area contributed by atoms with Crippen LogP contribution in [-0.2, 0) is 10.0 Å². The van der Waals surface area contributed by atoms with Crippen LogP contribution >= 0.6 is 0 Å². The van der Waals surface area contributed by atoms with Gasteiger partial charge in [0, 0.05) is 17.2 Å². The van der Waals surface area contributed by atoms with Gasteiger partial charge in [-0.2, -0.15) is 4.98 Å². The fourth-order valence-corrected chi connectivity index (χ4v) is 4.47. The summed E-state index contributed by atoms with van der Waals surface area (Å²) in [4.78, 5) is 21.0. The Morgan fingerprint density at radius 2 is 1.81 bits per heavy atom. The van der Waals surface area contributed by atoms with Crippen LogP contribution in [0.1, 0.15) is 21.5 Å². The summed E-state index contributed by atoms with van der Waals surface area (Å²) in [6.07, 6.45) is -0.798. The number of amides is 1. The number of sulfonamides is 1. The summed E-state index contributed by atoms with van der Waals surface area (Å²) >= 11 is 0. The Morgan fingerprint density at radius 1 is 1.09 bits per heavy atom. The van der Waals surface area contributed by atoms with Gasteiger partial charge in [0.1, 0.15) is 6.10 Å². The minimum atomic E-state index is -4.08. The van der Waals surface area contributed by atoms with Gasteiger partial charge < -0.3 is 15.2 Å². The van der Waals surface area contributed by atoms with Crippen LogP contribution in [0.4, 0.5) is 5.95 Å². The number of hydrogen-bond acceptors (Lipinski definition) is 7. The molecule has 0 fully saturated rings. The van der Waals surface area contributed by atoms with Crippen molar-refractivity contribution >= 4 is 21.9 Å². The number of aryl methyl sites for hydroxylation is 2. The normalized spacial score (nSPS) is 17.6. The van der Waals surface area contributed by atoms with Crippen molar-refractivity contribution in [1.29, 1.82) is 0 Å². The van der Waals surface area contributed by atoms with E-state index in [0.29, 0.717) is 5.69 Å². The van der Waals surface area contributed by atoms with Crippen molar-refractivity contribution in [2.75, 3.05) is 17.9 Å². The van der Waals surface area contributed by atoms with Gasteiger partial charge in [0.15, 0.2) is 0 Å². The van der Waals surface area contributed by atoms with Gasteiger partial charge >= 0.3 is 0 Å². The standard InChI is InChI=1S/C22H22N4O5S/c1-13-5-3-6-14(2)20(13)18-10-19-25-22(24-18)26-32(29,30)17-8-4-7-15(9-17)21(28)23-11-16(12-27)31-19/h3-10,16,27H,11-12H2,1-2H3,(H,23,28)(H,24,25,26)/t16-/m1/s1. The van der Waals surface area contributed by atoms with Crippen molar-refractivity contribution in [2.24, 2.45) is 0 Å². The highest BCUT2D eigenvalue weighted by Gasteiger charge is 2.22. The molecule has 9 nitrogen and oxygen atoms in total. The third-order valence-electron chi connectivity index (χ3n) is 5.05. The Labute approximate surface area is 185 Å². The molecule has 2 aromatic carbocycles. The number of fused-ring (bicyclic) bond motifs is 4. The molecule has 2 heterocycles. The zero-order valence-corrected chi connectivity index (χ0v) is 18.3. The molecule has 1 amide bonds. The first-order valence-electron chi connectivity index (χ1n) is 9.91. The van der Waals surface area contributed by atoms with E-state index in [0.717, 1.165) is 16.7 Å². The summed E-state index contributed by atoms with van der Waals surface area (Å²) in [6.45, 7) is 3.46. The van der Waals surface area contributed by atoms with Crippen molar-refractivity contribution in [3.05, 3.63) is 65.2 Å². The average Bonchev–Trinajstić information content (AvgIpc) is 2.75. The average molecular weight is 455 g/mol. The number of anilines is 1. The molecule has 3 N–H and O–H groups in total. The van der Waals surface area contributed by atoms with Crippen molar-refractivity contribution in [3.8, 4) is 17.1 Å². The van der Waals surface area contributed by atoms with Crippen LogP contribution in [0.25, 0.3) is 11.3 Å². The van der Waals surface area contributed by atoms with Crippen LogP contribution in [0.3, 0.4) is 0 Å². The molecule has 1 aromatic heterocycles. The lowest BCUT2D eigenvalue weighted by Crippen LogP contribution is -2.37. The Balaban J connectivity index is 1.88. The molecule has 32 heavy (non-hydrogen) atoms. The number of carbonyl (C=O) groups excluding carboxylic acids is 1. The van der Waals surface area contributed by atoms with Gasteiger partial charge in [-0.15, -0.1) is 0 Å². The van der Waals surface area contributed by atoms with E-state index in [1.807, 2.05) is 32.0 Å². The first-order chi connectivity index (χ1) is 15.3. The van der Waals surface area contributed by atoms with E-state index >= 15 is 0 Å². The molecular formula is C22H22N4O5S. The molecule has 0 saturated carbocycles. The van der Waals surface area contributed by atoms with E-state index < -0.39 is 22.0 Å². The van der Waals surface area contributed by atoms with Crippen LogP contribution in [-0.4, -0.2) is 48.7 Å². The minimum Gasteiger partial charge on any atom is -0.470 e. The summed E-state index contributed by atoms with van der Waals surface area (Å²) in [7, 11) is -4.08. The van der Waals surface area contributed by atoms with E-state index in [2.05, 4.69) is 20.0 Å². The molecule has 0 spiro atoms. The van der Waals surface area contributed by atoms with Crippen molar-refractivity contribution < 1.29 is 23.1 Å². The molecule has 3 aromatic rings. The van der Waals surface area contributed by atoms with E-state index in [-0.39, 0.29) is 35.4 Å². The molecule has 1 aliphatic heterocycles. The second-order valence-electron chi connectivity index (χ2n) is 7.45. The third-order valence-corrected chi connectivity index (χ3v) is 6.38. The van der Waals surface area contributed by atoms with Crippen molar-refractivity contribution in [1.82, 2.24) is 15.3 Å². The van der Waals surface area contributed by atoms with Gasteiger partial charge in [-0.05, 0) is 43.2 Å². The number of benzene rings is 2. The summed E-state index contributed by atoms with van der Waals surface area (Å²) in [6, 6.07) is 13.0. The monoisotopic (exact) mass is 454 g/mol. The largest absolute Gasteiger partial charge is 0.470 e. The van der Waals surface area contributed by atoms with E-state index in [9.17, 15) is 18.3 Å². The summed E-state index contributed by atoms with van der Waals surface area (Å²) in [5, 5.41) is 12.4. The van der Waals surface area contributed by atoms with Gasteiger partial charge in [-0.3, -0.25) is 4.79 Å². The third kappa shape index (κ3) is 4.41. The number of nitrogens with one attached hydrogen (secondary N) is 2. The summed E-state index contributed by atoms with van der Waals surface area (Å²) in [5.74, 6) is -0.604. The maximum Gasteiger partial charge on any atom is 0.264 e. The number of aliphatic hydroxyl groups is 1. The molecule has 0 saturated heterocycles. The Bertz CT molecular complexity index is 1270. The smallest absolute Gasteiger partial charge is 0.264 e. The zero-order chi connectivity index (χ0) is 22.9. The topological polar surface area (TPSA) is 131 Å². The lowest BCUT2D eigenvalue weighted by atomic mass is 10.00. The number of ether oxygens (including phenoxy) is 1. The molecule has 10 heteroatoms. The van der Waals surface area contributed by atoms with Crippen molar-refractivity contribution in [3.63, 3.8) is 0 Å². The fourth-order valence-electron chi connectivity index (χ4n) is 3.48. The first kappa shape index (κ1) is 21.7. The number of nitrogens with zero attached hydrogens (tertiary/aromatic N) is 2. The lowest BCUT2D eigenvalue weighted by Gasteiger charge is -2.18. The summed E-state index contributed by atoms with van der Waals surface area (Å²) in [5.41, 5.74) is 3.33. The molecule has 1 atom stereocenters. The van der Waals surface area contributed by atoms with Gasteiger partial charge in [-0.1, -0.05) is 24.3 Å². The fraction of sp³-hybridized carbons (Fsp3) is 0.227. The number of hydrogen-bond donors (Lipinski definition) is 3. The van der Waals surface area contributed by atoms with Crippen LogP contribution in [0, 0.1) is 13.8 Å². The lowest BCUT2D eigenvalue weighted by molar-refractivity contribution is 0.0860. The number of rotatable bonds is 2. The van der Waals surface area contributed by atoms with Gasteiger partial charge in [0.05, 0.1) is 23.7 Å². The molecule has 0 unspecified atom stereocenters. The van der Waals surface area contributed by atoms with Gasteiger partial charge in [-0.25, -0.2) is 18.1 Å². The van der Waals surface area contributed by atoms with Crippen molar-refractivity contribution in [2.45, 2.75) is 24.8 Å². The van der Waals surface area contributed by atoms with Gasteiger partial charge in [0.2, 0.25) is 11.8 Å². The molecule has 0 radical (unpaired) electrons. The molecule has 4 rings (SSSR count). The number of aliphatic hydroxyl groups excluding tert-OH is 1. The van der Waals surface area contributed by atoms with Crippen LogP contribution in [0.15, 0.2) is 53.4 Å². The maximum atomic E-state index is 13.0. The van der Waals surface area contributed by atoms with E-state index in [4.69, 9.17) is 4.74 Å². The molecule has 1 aliphatic rings. The van der Waals surface area contributed by atoms with Crippen LogP contribution in [0.2, 0.25) is 0 Å². The predicted octanol–water partition coefficient (Wildman–Crippen LogP) is 2.04. The number of aromatic nitrogens is 2. The predicted molar refractivity (Wildman–Crippen MR) is 118 cm³/mol. The summed E-state index contributed by atoms with van der Waals surface area (Å²) < 4.78 is 34.1. The second kappa shape index (κ2) is 8.56. The first-order valence-corrected chi connectivity index (χ1v) is 11.4. The SMILES string of the molecule is Cc1cccc(C)c1-c1cc2nc(n1)NS(=O)(=O)c1cccc(c1)C(=O)NC[C@H](CO)O2. The molecular weight excluding hydrogens is 432 g/mol. The molecule has 166 valence electrons. The molecule has 4 bridgehead atoms. The Hall–Kier alpha value is -3.50. The highest BCUT2D eigenvalue weighted by molar-refractivity contribution is 7.92. The minimum absolute atomic E-state index is 0.00218.